The first-order chi connectivity index (χ1) is 16.8. The maximum Gasteiger partial charge on any atom is 0.337 e. The van der Waals surface area contributed by atoms with Crippen LogP contribution in [0.4, 0.5) is 0 Å². The Balaban J connectivity index is 1.48. The minimum Gasteiger partial charge on any atom is -0.496 e. The van der Waals surface area contributed by atoms with Crippen LogP contribution >= 0.6 is 24.0 Å². The second-order valence-corrected chi connectivity index (χ2v) is 8.93. The summed E-state index contributed by atoms with van der Waals surface area (Å²) >= 11 is 6.49. The molecule has 2 aromatic carbocycles. The molecule has 1 saturated heterocycles. The second kappa shape index (κ2) is 12.1. The number of benzene rings is 2. The van der Waals surface area contributed by atoms with Gasteiger partial charge in [-0.05, 0) is 42.3 Å². The number of methoxy groups -OCH3 is 2. The molecule has 0 saturated carbocycles. The lowest BCUT2D eigenvalue weighted by atomic mass is 10.1. The fourth-order valence-electron chi connectivity index (χ4n) is 3.16. The largest absolute Gasteiger partial charge is 0.496 e. The highest BCUT2D eigenvalue weighted by atomic mass is 32.2. The van der Waals surface area contributed by atoms with Gasteiger partial charge in [0, 0.05) is 13.0 Å². The van der Waals surface area contributed by atoms with Gasteiger partial charge in [-0.25, -0.2) is 4.79 Å². The lowest BCUT2D eigenvalue weighted by molar-refractivity contribution is -0.124. The van der Waals surface area contributed by atoms with Gasteiger partial charge in [-0.2, -0.15) is 0 Å². The number of esters is 1. The van der Waals surface area contributed by atoms with Gasteiger partial charge in [0.1, 0.15) is 10.1 Å². The van der Waals surface area contributed by atoms with E-state index in [2.05, 4.69) is 15.6 Å². The number of carbonyl (C=O) groups is 4. The van der Waals surface area contributed by atoms with Crippen molar-refractivity contribution in [3.05, 3.63) is 70.1 Å². The van der Waals surface area contributed by atoms with E-state index in [9.17, 15) is 19.2 Å². The Morgan fingerprint density at radius 1 is 1.06 bits per heavy atom. The van der Waals surface area contributed by atoms with Gasteiger partial charge in [-0.15, -0.1) is 0 Å². The Morgan fingerprint density at radius 3 is 2.46 bits per heavy atom. The summed E-state index contributed by atoms with van der Waals surface area (Å²) in [6.45, 7) is 0.261. The molecule has 1 aliphatic rings. The smallest absolute Gasteiger partial charge is 0.337 e. The van der Waals surface area contributed by atoms with Crippen LogP contribution in [0.1, 0.15) is 39.1 Å². The van der Waals surface area contributed by atoms with Crippen LogP contribution in [-0.2, 0) is 14.3 Å². The van der Waals surface area contributed by atoms with Crippen LogP contribution in [0.15, 0.2) is 53.4 Å². The highest BCUT2D eigenvalue weighted by Gasteiger charge is 2.31. The molecule has 1 fully saturated rings. The van der Waals surface area contributed by atoms with E-state index in [-0.39, 0.29) is 18.9 Å². The topological polar surface area (TPSA) is 114 Å². The summed E-state index contributed by atoms with van der Waals surface area (Å²) < 4.78 is 10.2. The van der Waals surface area contributed by atoms with E-state index < -0.39 is 17.8 Å². The molecule has 0 bridgehead atoms. The molecule has 0 aliphatic carbocycles. The van der Waals surface area contributed by atoms with E-state index >= 15 is 0 Å². The Bertz CT molecular complexity index is 1180. The molecule has 3 amide bonds. The number of nitrogens with one attached hydrogen (secondary N) is 2. The van der Waals surface area contributed by atoms with Crippen molar-refractivity contribution in [1.29, 1.82) is 0 Å². The molecule has 0 atom stereocenters. The van der Waals surface area contributed by atoms with Crippen molar-refractivity contribution >= 4 is 58.1 Å². The van der Waals surface area contributed by atoms with E-state index in [0.29, 0.717) is 32.5 Å². The normalized spacial score (nSPS) is 14.1. The fraction of sp³-hybridized carbons (Fsp3) is 0.208. The van der Waals surface area contributed by atoms with Gasteiger partial charge in [0.05, 0.1) is 30.3 Å². The molecule has 11 heteroatoms. The van der Waals surface area contributed by atoms with Gasteiger partial charge in [-0.3, -0.25) is 30.1 Å². The van der Waals surface area contributed by atoms with Gasteiger partial charge in [0.2, 0.25) is 5.91 Å². The molecule has 2 aromatic rings. The molecular weight excluding hydrogens is 490 g/mol. The Labute approximate surface area is 211 Å². The third-order valence-corrected chi connectivity index (χ3v) is 6.33. The number of nitrogens with zero attached hydrogens (tertiary/aromatic N) is 1. The molecule has 1 heterocycles. The highest BCUT2D eigenvalue weighted by molar-refractivity contribution is 8.26. The Hall–Kier alpha value is -3.70. The zero-order chi connectivity index (χ0) is 25.4. The maximum atomic E-state index is 12.8. The van der Waals surface area contributed by atoms with Crippen molar-refractivity contribution < 1.29 is 28.7 Å². The number of hydrogen-bond donors (Lipinski definition) is 2. The first-order valence-corrected chi connectivity index (χ1v) is 11.7. The highest BCUT2D eigenvalue weighted by Crippen LogP contribution is 2.32. The zero-order valence-electron chi connectivity index (χ0n) is 19.0. The summed E-state index contributed by atoms with van der Waals surface area (Å²) in [5.41, 5.74) is 6.15. The lowest BCUT2D eigenvalue weighted by Crippen LogP contribution is -2.42. The Morgan fingerprint density at radius 2 is 1.77 bits per heavy atom. The van der Waals surface area contributed by atoms with Gasteiger partial charge >= 0.3 is 5.97 Å². The Kier molecular flexibility index (Phi) is 8.98. The van der Waals surface area contributed by atoms with Crippen LogP contribution in [0.2, 0.25) is 0 Å². The number of hydrazine groups is 1. The van der Waals surface area contributed by atoms with Crippen molar-refractivity contribution in [3.8, 4) is 5.75 Å². The number of rotatable bonds is 8. The average Bonchev–Trinajstić information content (AvgIpc) is 3.14. The fourth-order valence-corrected chi connectivity index (χ4v) is 4.47. The van der Waals surface area contributed by atoms with E-state index in [4.69, 9.17) is 17.0 Å². The molecule has 3 rings (SSSR count). The van der Waals surface area contributed by atoms with E-state index in [0.717, 1.165) is 5.56 Å². The third-order valence-electron chi connectivity index (χ3n) is 4.96. The molecular formula is C24H23N3O6S2. The summed E-state index contributed by atoms with van der Waals surface area (Å²) in [4.78, 5) is 50.6. The number of carbonyl (C=O) groups excluding carboxylic acids is 4. The van der Waals surface area contributed by atoms with Crippen LogP contribution in [-0.4, -0.2) is 53.7 Å². The standard InChI is InChI=1S/C24H23N3O6S2/c1-32-18-7-4-3-6-17(18)21(29)26-25-20(28)8-5-13-27-22(30)19(35-24(27)34)14-15-9-11-16(12-10-15)23(31)33-2/h3-4,6-7,9-12,14H,5,8,13H2,1-2H3,(H,25,28)(H,26,29). The van der Waals surface area contributed by atoms with Crippen molar-refractivity contribution in [3.63, 3.8) is 0 Å². The van der Waals surface area contributed by atoms with Gasteiger partial charge in [0.25, 0.3) is 11.8 Å². The number of thiocarbonyl (C=S) groups is 1. The third kappa shape index (κ3) is 6.67. The summed E-state index contributed by atoms with van der Waals surface area (Å²) in [5.74, 6) is -1.20. The number of thioether (sulfide) groups is 1. The second-order valence-electron chi connectivity index (χ2n) is 7.25. The summed E-state index contributed by atoms with van der Waals surface area (Å²) in [7, 11) is 2.76. The van der Waals surface area contributed by atoms with Crippen LogP contribution in [0.5, 0.6) is 5.75 Å². The zero-order valence-corrected chi connectivity index (χ0v) is 20.7. The molecule has 9 nitrogen and oxygen atoms in total. The monoisotopic (exact) mass is 513 g/mol. The van der Waals surface area contributed by atoms with Gasteiger partial charge < -0.3 is 9.47 Å². The predicted octanol–water partition coefficient (Wildman–Crippen LogP) is 2.92. The molecule has 0 radical (unpaired) electrons. The number of hydrogen-bond acceptors (Lipinski definition) is 8. The number of amides is 3. The number of ether oxygens (including phenoxy) is 2. The summed E-state index contributed by atoms with van der Waals surface area (Å²) in [5, 5.41) is 0. The SMILES string of the molecule is COC(=O)c1ccc(C=C2SC(=S)N(CCCC(=O)NNC(=O)c3ccccc3OC)C2=O)cc1. The maximum absolute atomic E-state index is 12.8. The van der Waals surface area contributed by atoms with Crippen molar-refractivity contribution in [2.75, 3.05) is 20.8 Å². The van der Waals surface area contributed by atoms with Crippen LogP contribution in [0.25, 0.3) is 6.08 Å². The molecule has 0 spiro atoms. The minimum atomic E-state index is -0.502. The van der Waals surface area contributed by atoms with Crippen molar-refractivity contribution in [2.24, 2.45) is 0 Å². The van der Waals surface area contributed by atoms with Crippen LogP contribution in [0.3, 0.4) is 0 Å². The first-order valence-electron chi connectivity index (χ1n) is 10.5. The lowest BCUT2D eigenvalue weighted by Gasteiger charge is -2.14. The molecule has 2 N–H and O–H groups in total. The molecule has 35 heavy (non-hydrogen) atoms. The van der Waals surface area contributed by atoms with Crippen LogP contribution in [0, 0.1) is 0 Å². The molecule has 182 valence electrons. The van der Waals surface area contributed by atoms with Crippen LogP contribution < -0.4 is 15.6 Å². The van der Waals surface area contributed by atoms with E-state index in [1.54, 1.807) is 54.6 Å². The molecule has 1 aliphatic heterocycles. The minimum absolute atomic E-state index is 0.0807. The average molecular weight is 514 g/mol. The first kappa shape index (κ1) is 25.9. The molecule has 0 aromatic heterocycles. The van der Waals surface area contributed by atoms with Crippen molar-refractivity contribution in [2.45, 2.75) is 12.8 Å². The van der Waals surface area contributed by atoms with Gasteiger partial charge in [0.15, 0.2) is 0 Å². The van der Waals surface area contributed by atoms with Crippen molar-refractivity contribution in [1.82, 2.24) is 15.8 Å². The van der Waals surface area contributed by atoms with Gasteiger partial charge in [-0.1, -0.05) is 48.2 Å². The number of para-hydroxylation sites is 1. The summed E-state index contributed by atoms with van der Waals surface area (Å²) in [6, 6.07) is 13.3. The quantitative estimate of drug-likeness (QED) is 0.240. The van der Waals surface area contributed by atoms with E-state index in [1.165, 1.54) is 30.9 Å². The predicted molar refractivity (Wildman–Crippen MR) is 135 cm³/mol. The van der Waals surface area contributed by atoms with E-state index in [1.807, 2.05) is 0 Å². The molecule has 0 unspecified atom stereocenters. The summed E-state index contributed by atoms with van der Waals surface area (Å²) in [6.07, 6.45) is 2.13.